The summed E-state index contributed by atoms with van der Waals surface area (Å²) in [6.45, 7) is 1.39. The smallest absolute Gasteiger partial charge is 0.260 e. The van der Waals surface area contributed by atoms with Crippen molar-refractivity contribution in [2.75, 3.05) is 38.3 Å². The van der Waals surface area contributed by atoms with Crippen LogP contribution in [-0.4, -0.2) is 49.2 Å². The zero-order valence-electron chi connectivity index (χ0n) is 15.0. The van der Waals surface area contributed by atoms with Gasteiger partial charge in [0.15, 0.2) is 5.13 Å². The van der Waals surface area contributed by atoms with Crippen LogP contribution in [0.15, 0.2) is 53.4 Å². The number of halogens is 1. The normalized spacial score (nSPS) is 10.8. The molecule has 0 aliphatic rings. The van der Waals surface area contributed by atoms with Gasteiger partial charge in [-0.1, -0.05) is 29.5 Å². The summed E-state index contributed by atoms with van der Waals surface area (Å²) in [5.41, 5.74) is 1.62. The van der Waals surface area contributed by atoms with Gasteiger partial charge in [-0.25, -0.2) is 4.98 Å². The lowest BCUT2D eigenvalue weighted by atomic mass is 10.2. The summed E-state index contributed by atoms with van der Waals surface area (Å²) in [6, 6.07) is 15.6. The fourth-order valence-electron chi connectivity index (χ4n) is 2.46. The fourth-order valence-corrected chi connectivity index (χ4v) is 4.00. The zero-order valence-corrected chi connectivity index (χ0v) is 17.5. The topological polar surface area (TPSA) is 36.4 Å². The molecular weight excluding hydrogens is 386 g/mol. The number of thioether (sulfide) groups is 1. The predicted octanol–water partition coefficient (Wildman–Crippen LogP) is 4.65. The van der Waals surface area contributed by atoms with Crippen molar-refractivity contribution in [3.05, 3.63) is 54.1 Å². The van der Waals surface area contributed by atoms with Gasteiger partial charge in [0.1, 0.15) is 0 Å². The van der Waals surface area contributed by atoms with Gasteiger partial charge in [-0.2, -0.15) is 0 Å². The summed E-state index contributed by atoms with van der Waals surface area (Å²) in [6.07, 6.45) is 2.06. The van der Waals surface area contributed by atoms with Crippen molar-refractivity contribution in [3.63, 3.8) is 0 Å². The fraction of sp³-hybridized carbons (Fsp3) is 0.263. The molecule has 138 valence electrons. The number of nitrogens with zero attached hydrogens (tertiary/aromatic N) is 3. The minimum Gasteiger partial charge on any atom is -0.308 e. The Bertz CT molecular complexity index is 868. The van der Waals surface area contributed by atoms with Gasteiger partial charge in [0, 0.05) is 23.5 Å². The standard InChI is InChI=1S/C19H21N3OS2.ClH/c1-21(2)11-12-22(18(23)14-7-5-4-6-8-14)19-20-16-10-9-15(24-3)13-17(16)25-19;/h4-10,13H,11-12H2,1-3H3;1H. The molecule has 0 unspecified atom stereocenters. The second-order valence-corrected chi connectivity index (χ2v) is 7.84. The van der Waals surface area contributed by atoms with E-state index in [9.17, 15) is 4.79 Å². The van der Waals surface area contributed by atoms with E-state index in [0.717, 1.165) is 21.9 Å². The molecule has 3 aromatic rings. The van der Waals surface area contributed by atoms with Crippen LogP contribution in [0.25, 0.3) is 10.2 Å². The third kappa shape index (κ3) is 4.76. The number of amides is 1. The lowest BCUT2D eigenvalue weighted by molar-refractivity contribution is 0.0985. The van der Waals surface area contributed by atoms with E-state index >= 15 is 0 Å². The van der Waals surface area contributed by atoms with E-state index in [-0.39, 0.29) is 18.3 Å². The van der Waals surface area contributed by atoms with Crippen LogP contribution in [0.2, 0.25) is 0 Å². The number of hydrogen-bond donors (Lipinski definition) is 0. The first-order valence-electron chi connectivity index (χ1n) is 8.04. The van der Waals surface area contributed by atoms with E-state index in [1.165, 1.54) is 4.90 Å². The van der Waals surface area contributed by atoms with Crippen LogP contribution in [-0.2, 0) is 0 Å². The largest absolute Gasteiger partial charge is 0.308 e. The second kappa shape index (κ2) is 9.37. The van der Waals surface area contributed by atoms with Crippen molar-refractivity contribution >= 4 is 56.8 Å². The molecule has 0 atom stereocenters. The SMILES string of the molecule is CSc1ccc2nc(N(CCN(C)C)C(=O)c3ccccc3)sc2c1.Cl. The number of fused-ring (bicyclic) bond motifs is 1. The van der Waals surface area contributed by atoms with Crippen LogP contribution in [0, 0.1) is 0 Å². The van der Waals surface area contributed by atoms with Gasteiger partial charge in [-0.15, -0.1) is 24.2 Å². The summed E-state index contributed by atoms with van der Waals surface area (Å²) >= 11 is 3.28. The molecule has 7 heteroatoms. The molecule has 0 saturated heterocycles. The number of thiazole rings is 1. The highest BCUT2D eigenvalue weighted by Crippen LogP contribution is 2.32. The third-order valence-corrected chi connectivity index (χ3v) is 5.62. The van der Waals surface area contributed by atoms with Crippen LogP contribution in [0.4, 0.5) is 5.13 Å². The highest BCUT2D eigenvalue weighted by atomic mass is 35.5. The van der Waals surface area contributed by atoms with Crippen LogP contribution in [0.5, 0.6) is 0 Å². The Hall–Kier alpha value is -1.60. The molecule has 2 aromatic carbocycles. The zero-order chi connectivity index (χ0) is 17.8. The lowest BCUT2D eigenvalue weighted by Crippen LogP contribution is -2.36. The highest BCUT2D eigenvalue weighted by molar-refractivity contribution is 7.98. The van der Waals surface area contributed by atoms with E-state index in [2.05, 4.69) is 23.3 Å². The van der Waals surface area contributed by atoms with Gasteiger partial charge in [0.2, 0.25) is 0 Å². The van der Waals surface area contributed by atoms with Crippen LogP contribution >= 0.6 is 35.5 Å². The molecule has 0 bridgehead atoms. The number of anilines is 1. The first-order valence-corrected chi connectivity index (χ1v) is 10.1. The van der Waals surface area contributed by atoms with Gasteiger partial charge in [-0.3, -0.25) is 9.69 Å². The Morgan fingerprint density at radius 2 is 1.85 bits per heavy atom. The Morgan fingerprint density at radius 3 is 2.50 bits per heavy atom. The van der Waals surface area contributed by atoms with E-state index in [4.69, 9.17) is 4.98 Å². The maximum Gasteiger partial charge on any atom is 0.260 e. The predicted molar refractivity (Wildman–Crippen MR) is 115 cm³/mol. The summed E-state index contributed by atoms with van der Waals surface area (Å²) in [7, 11) is 4.02. The Morgan fingerprint density at radius 1 is 1.12 bits per heavy atom. The number of likely N-dealkylation sites (N-methyl/N-ethyl adjacent to an activating group) is 1. The molecule has 0 spiro atoms. The van der Waals surface area contributed by atoms with E-state index in [0.29, 0.717) is 12.1 Å². The molecule has 0 aliphatic carbocycles. The van der Waals surface area contributed by atoms with Crippen molar-refractivity contribution in [2.45, 2.75) is 4.90 Å². The lowest BCUT2D eigenvalue weighted by Gasteiger charge is -2.22. The number of carbonyl (C=O) groups is 1. The monoisotopic (exact) mass is 407 g/mol. The summed E-state index contributed by atoms with van der Waals surface area (Å²) in [5, 5.41) is 0.754. The third-order valence-electron chi connectivity index (χ3n) is 3.85. The van der Waals surface area contributed by atoms with Gasteiger partial charge in [-0.05, 0) is 50.7 Å². The number of aromatic nitrogens is 1. The van der Waals surface area contributed by atoms with Gasteiger partial charge in [0.25, 0.3) is 5.91 Å². The number of rotatable bonds is 6. The molecule has 0 aliphatic heterocycles. The van der Waals surface area contributed by atoms with Crippen molar-refractivity contribution in [3.8, 4) is 0 Å². The average molecular weight is 408 g/mol. The maximum atomic E-state index is 13.0. The summed E-state index contributed by atoms with van der Waals surface area (Å²) < 4.78 is 1.11. The second-order valence-electron chi connectivity index (χ2n) is 5.96. The van der Waals surface area contributed by atoms with E-state index in [1.54, 1.807) is 28.0 Å². The Labute approximate surface area is 168 Å². The van der Waals surface area contributed by atoms with Crippen molar-refractivity contribution in [1.82, 2.24) is 9.88 Å². The maximum absolute atomic E-state index is 13.0. The Balaban J connectivity index is 0.00000243. The first-order chi connectivity index (χ1) is 12.1. The minimum atomic E-state index is -0.00778. The summed E-state index contributed by atoms with van der Waals surface area (Å²) in [5.74, 6) is -0.00778. The average Bonchev–Trinajstić information content (AvgIpc) is 3.04. The molecule has 3 rings (SSSR count). The first kappa shape index (κ1) is 20.7. The van der Waals surface area contributed by atoms with Crippen LogP contribution in [0.1, 0.15) is 10.4 Å². The molecular formula is C19H22ClN3OS2. The highest BCUT2D eigenvalue weighted by Gasteiger charge is 2.21. The Kier molecular flexibility index (Phi) is 7.46. The number of hydrogen-bond acceptors (Lipinski definition) is 5. The van der Waals surface area contributed by atoms with Crippen molar-refractivity contribution in [2.24, 2.45) is 0 Å². The molecule has 0 radical (unpaired) electrons. The van der Waals surface area contributed by atoms with Crippen molar-refractivity contribution < 1.29 is 4.79 Å². The van der Waals surface area contributed by atoms with Gasteiger partial charge < -0.3 is 4.90 Å². The molecule has 1 amide bonds. The quantitative estimate of drug-likeness (QED) is 0.557. The van der Waals surface area contributed by atoms with E-state index in [1.807, 2.05) is 50.5 Å². The molecule has 0 saturated carbocycles. The van der Waals surface area contributed by atoms with Crippen molar-refractivity contribution in [1.29, 1.82) is 0 Å². The molecule has 1 aromatic heterocycles. The molecule has 0 N–H and O–H groups in total. The molecule has 1 heterocycles. The van der Waals surface area contributed by atoms with E-state index < -0.39 is 0 Å². The number of benzene rings is 2. The van der Waals surface area contributed by atoms with Crippen LogP contribution in [0.3, 0.4) is 0 Å². The molecule has 26 heavy (non-hydrogen) atoms. The summed E-state index contributed by atoms with van der Waals surface area (Å²) in [4.78, 5) is 22.8. The molecule has 0 fully saturated rings. The number of carbonyl (C=O) groups excluding carboxylic acids is 1. The van der Waals surface area contributed by atoms with Gasteiger partial charge >= 0.3 is 0 Å². The molecule has 4 nitrogen and oxygen atoms in total. The van der Waals surface area contributed by atoms with Gasteiger partial charge in [0.05, 0.1) is 10.2 Å². The van der Waals surface area contributed by atoms with Crippen LogP contribution < -0.4 is 4.90 Å². The minimum absolute atomic E-state index is 0.